The van der Waals surface area contributed by atoms with Gasteiger partial charge in [0.2, 0.25) is 23.8 Å². The van der Waals surface area contributed by atoms with Crippen LogP contribution in [0.2, 0.25) is 0 Å². The third kappa shape index (κ3) is 9.91. The van der Waals surface area contributed by atoms with Crippen LogP contribution in [0.1, 0.15) is 5.56 Å². The lowest BCUT2D eigenvalue weighted by molar-refractivity contribution is -0.358. The van der Waals surface area contributed by atoms with Crippen molar-refractivity contribution in [2.75, 3.05) is 19.8 Å². The molecule has 3 aliphatic heterocycles. The van der Waals surface area contributed by atoms with E-state index in [-0.39, 0.29) is 16.9 Å². The van der Waals surface area contributed by atoms with Crippen molar-refractivity contribution in [3.05, 3.63) is 70.4 Å². The van der Waals surface area contributed by atoms with Crippen molar-refractivity contribution < 1.29 is 119 Å². The van der Waals surface area contributed by atoms with Gasteiger partial charge in [0, 0.05) is 23.8 Å². The molecular weight excluding hydrogens is 904 g/mol. The van der Waals surface area contributed by atoms with Crippen molar-refractivity contribution in [2.45, 2.75) is 92.1 Å². The first-order valence-corrected chi connectivity index (χ1v) is 20.2. The molecule has 67 heavy (non-hydrogen) atoms. The van der Waals surface area contributed by atoms with Crippen molar-refractivity contribution in [1.29, 1.82) is 0 Å². The van der Waals surface area contributed by atoms with Gasteiger partial charge in [-0.15, -0.1) is 0 Å². The Hall–Kier alpha value is -5.88. The Balaban J connectivity index is 1.23. The second-order valence-electron chi connectivity index (χ2n) is 15.5. The first-order valence-electron chi connectivity index (χ1n) is 20.2. The van der Waals surface area contributed by atoms with Gasteiger partial charge in [-0.05, 0) is 42.0 Å². The van der Waals surface area contributed by atoms with Crippen LogP contribution >= 0.6 is 0 Å². The van der Waals surface area contributed by atoms with E-state index in [2.05, 4.69) is 0 Å². The molecule has 3 saturated heterocycles. The van der Waals surface area contributed by atoms with Crippen molar-refractivity contribution in [3.8, 4) is 51.6 Å². The number of rotatable bonds is 13. The van der Waals surface area contributed by atoms with E-state index in [1.165, 1.54) is 6.07 Å². The third-order valence-corrected chi connectivity index (χ3v) is 11.1. The molecule has 25 nitrogen and oxygen atoms in total. The number of fused-ring (bicyclic) bond motifs is 1. The van der Waals surface area contributed by atoms with Crippen LogP contribution in [0.4, 0.5) is 0 Å². The zero-order chi connectivity index (χ0) is 48.6. The number of carbonyl (C=O) groups excluding carboxylic acids is 1. The summed E-state index contributed by atoms with van der Waals surface area (Å²) in [5, 5.41) is 156. The molecule has 1 aromatic heterocycles. The molecule has 15 atom stereocenters. The number of phenolic OH excluding ortho intramolecular Hbond substituents is 5. The molecule has 0 aliphatic carbocycles. The van der Waals surface area contributed by atoms with Gasteiger partial charge in [0.25, 0.3) is 0 Å². The highest BCUT2D eigenvalue weighted by Crippen LogP contribution is 2.41. The van der Waals surface area contributed by atoms with Gasteiger partial charge in [-0.2, -0.15) is 0 Å². The van der Waals surface area contributed by atoms with Gasteiger partial charge in [0.1, 0.15) is 83.5 Å². The molecule has 0 amide bonds. The Bertz CT molecular complexity index is 2490. The quantitative estimate of drug-likeness (QED) is 0.0350. The van der Waals surface area contributed by atoms with Gasteiger partial charge in [0.05, 0.1) is 19.8 Å². The maximum absolute atomic E-state index is 14.5. The number of ether oxygens (including phenoxy) is 7. The molecule has 4 heterocycles. The van der Waals surface area contributed by atoms with E-state index in [1.807, 2.05) is 0 Å². The maximum atomic E-state index is 14.5. The number of aliphatic hydroxyl groups excluding tert-OH is 10. The summed E-state index contributed by atoms with van der Waals surface area (Å²) in [6, 6.07) is 8.50. The maximum Gasteiger partial charge on any atom is 0.331 e. The lowest BCUT2D eigenvalue weighted by atomic mass is 9.97. The minimum absolute atomic E-state index is 0.205. The lowest BCUT2D eigenvalue weighted by Gasteiger charge is -2.46. The number of carbonyl (C=O) groups is 1. The Morgan fingerprint density at radius 3 is 1.82 bits per heavy atom. The molecule has 0 bridgehead atoms. The third-order valence-electron chi connectivity index (χ3n) is 11.1. The van der Waals surface area contributed by atoms with Gasteiger partial charge in [-0.1, -0.05) is 6.07 Å². The minimum Gasteiger partial charge on any atom is -0.507 e. The van der Waals surface area contributed by atoms with E-state index in [0.717, 1.165) is 54.6 Å². The zero-order valence-electron chi connectivity index (χ0n) is 34.3. The molecule has 0 saturated carbocycles. The highest BCUT2D eigenvalue weighted by Gasteiger charge is 2.53. The number of hydrogen-bond donors (Lipinski definition) is 15. The van der Waals surface area contributed by atoms with E-state index >= 15 is 0 Å². The number of esters is 1. The van der Waals surface area contributed by atoms with Crippen LogP contribution in [-0.4, -0.2) is 195 Å². The minimum atomic E-state index is -2.16. The normalized spacial score (nSPS) is 32.3. The van der Waals surface area contributed by atoms with Crippen molar-refractivity contribution in [2.24, 2.45) is 0 Å². The molecule has 3 fully saturated rings. The summed E-state index contributed by atoms with van der Waals surface area (Å²) in [4.78, 5) is 27.3. The number of hydrogen-bond acceptors (Lipinski definition) is 25. The Morgan fingerprint density at radius 2 is 1.18 bits per heavy atom. The van der Waals surface area contributed by atoms with Crippen molar-refractivity contribution in [3.63, 3.8) is 0 Å². The highest BCUT2D eigenvalue weighted by molar-refractivity contribution is 5.89. The predicted molar refractivity (Wildman–Crippen MR) is 217 cm³/mol. The van der Waals surface area contributed by atoms with Crippen LogP contribution in [0.25, 0.3) is 28.4 Å². The Morgan fingerprint density at radius 1 is 0.582 bits per heavy atom. The molecule has 0 spiro atoms. The number of aromatic hydroxyl groups is 5. The fourth-order valence-corrected chi connectivity index (χ4v) is 7.44. The summed E-state index contributed by atoms with van der Waals surface area (Å²) in [5.74, 6) is -6.20. The van der Waals surface area contributed by atoms with Gasteiger partial charge in [0.15, 0.2) is 47.3 Å². The fourth-order valence-electron chi connectivity index (χ4n) is 7.44. The molecule has 4 aromatic rings. The summed E-state index contributed by atoms with van der Waals surface area (Å²) >= 11 is 0. The van der Waals surface area contributed by atoms with Crippen LogP contribution in [0, 0.1) is 0 Å². The summed E-state index contributed by atoms with van der Waals surface area (Å²) < 4.78 is 45.4. The zero-order valence-corrected chi connectivity index (χ0v) is 34.3. The average molecular weight is 951 g/mol. The summed E-state index contributed by atoms with van der Waals surface area (Å²) in [7, 11) is 0. The topological polar surface area (TPSA) is 415 Å². The van der Waals surface area contributed by atoms with E-state index in [0.29, 0.717) is 0 Å². The van der Waals surface area contributed by atoms with Crippen LogP contribution in [0.5, 0.6) is 40.2 Å². The van der Waals surface area contributed by atoms with Gasteiger partial charge < -0.3 is 114 Å². The summed E-state index contributed by atoms with van der Waals surface area (Å²) in [5.41, 5.74) is -1.68. The smallest absolute Gasteiger partial charge is 0.331 e. The largest absolute Gasteiger partial charge is 0.507 e. The van der Waals surface area contributed by atoms with E-state index in [4.69, 9.17) is 37.6 Å². The highest BCUT2D eigenvalue weighted by atomic mass is 16.8. The van der Waals surface area contributed by atoms with Crippen LogP contribution in [0.15, 0.2) is 63.8 Å². The monoisotopic (exact) mass is 950 g/mol. The lowest BCUT2D eigenvalue weighted by Crippen LogP contribution is -2.65. The van der Waals surface area contributed by atoms with Crippen LogP contribution in [-0.2, 0) is 28.5 Å². The van der Waals surface area contributed by atoms with Gasteiger partial charge in [-0.25, -0.2) is 4.79 Å². The molecule has 3 aliphatic rings. The first-order chi connectivity index (χ1) is 31.8. The molecule has 364 valence electrons. The second-order valence-corrected chi connectivity index (χ2v) is 15.5. The van der Waals surface area contributed by atoms with Gasteiger partial charge in [-0.3, -0.25) is 4.79 Å². The molecule has 7 rings (SSSR count). The van der Waals surface area contributed by atoms with Crippen LogP contribution < -0.4 is 14.9 Å². The van der Waals surface area contributed by atoms with E-state index < -0.39 is 175 Å². The number of aliphatic hydroxyl groups is 10. The van der Waals surface area contributed by atoms with E-state index in [1.54, 1.807) is 0 Å². The molecule has 25 heteroatoms. The molecule has 0 unspecified atom stereocenters. The molecule has 0 radical (unpaired) electrons. The second kappa shape index (κ2) is 20.1. The molecule has 15 N–H and O–H groups in total. The van der Waals surface area contributed by atoms with Gasteiger partial charge >= 0.3 is 5.97 Å². The first kappa shape index (κ1) is 49.0. The Labute approximate surface area is 375 Å². The predicted octanol–water partition coefficient (Wildman–Crippen LogP) is -3.57. The number of phenols is 5. The SMILES string of the molecule is O=C(C=Cc1ccc(O)c(O)c1)O[C@@H]1[C@@H](O)[C@H](O[C@H]2[C@H](Oc3c(-c4ccc(O)c(O)c4)oc4cc(O[C@@H]5O[C@H](CO)[C@@H](O)[C@H](O)[C@H]5O)cc(O)c4c3=O)O[C@H](CO)[C@@H](O)[C@@H]2O)O[C@H](CO)[C@H]1O. The molecular formula is C42H46O25. The molecule has 3 aromatic carbocycles. The van der Waals surface area contributed by atoms with E-state index in [9.17, 15) is 86.2 Å². The van der Waals surface area contributed by atoms with Crippen molar-refractivity contribution in [1.82, 2.24) is 0 Å². The fraction of sp³-hybridized carbons (Fsp3) is 0.429. The Kier molecular flexibility index (Phi) is 14.7. The number of benzene rings is 3. The average Bonchev–Trinajstić information content (AvgIpc) is 3.30. The summed E-state index contributed by atoms with van der Waals surface area (Å²) in [6.45, 7) is -2.75. The standard InChI is InChI=1S/C42H46O25/c43-11-23-28(52)32(56)34(58)40(62-23)60-16-9-21(50)27-22(10-16)61-36(15-3-5-18(47)20(49)8-15)38(31(27)55)66-42-39(33(57)29(53)24(12-44)64-42)67-41-35(59)37(30(54)25(13-45)63-41)65-26(51)6-2-14-1-4-17(46)19(48)7-14/h1-10,23-25,28-30,32-35,37,39-50,52-54,56-59H,11-13H2/t23-,24-,25-,28-,29-,30-,32+,33+,34-,35-,37+,39-,40-,41+,42+/m1/s1. The van der Waals surface area contributed by atoms with Crippen LogP contribution in [0.3, 0.4) is 0 Å². The van der Waals surface area contributed by atoms with Crippen molar-refractivity contribution >= 4 is 23.0 Å². The summed E-state index contributed by atoms with van der Waals surface area (Å²) in [6.07, 6.45) is -26.4.